The van der Waals surface area contributed by atoms with E-state index in [9.17, 15) is 9.90 Å². The number of carbonyl (C=O) groups excluding carboxylic acids is 1. The van der Waals surface area contributed by atoms with Gasteiger partial charge in [0.05, 0.1) is 30.7 Å². The first-order valence-electron chi connectivity index (χ1n) is 8.76. The molecule has 2 aromatic rings. The van der Waals surface area contributed by atoms with Gasteiger partial charge in [-0.2, -0.15) is 0 Å². The third-order valence-electron chi connectivity index (χ3n) is 4.63. The molecule has 0 radical (unpaired) electrons. The number of esters is 1. The quantitative estimate of drug-likeness (QED) is 0.674. The molecule has 1 fully saturated rings. The number of pyridine rings is 2. The molecule has 1 N–H and O–H groups in total. The second kappa shape index (κ2) is 7.71. The summed E-state index contributed by atoms with van der Waals surface area (Å²) < 4.78 is 10.2. The Kier molecular flexibility index (Phi) is 5.38. The molecule has 6 heteroatoms. The average Bonchev–Trinajstić information content (AvgIpc) is 2.66. The molecule has 0 aromatic carbocycles. The van der Waals surface area contributed by atoms with Crippen molar-refractivity contribution in [2.24, 2.45) is 5.92 Å². The Labute approximate surface area is 152 Å². The molecule has 3 rings (SSSR count). The lowest BCUT2D eigenvalue weighted by Crippen LogP contribution is -2.35. The van der Waals surface area contributed by atoms with Crippen molar-refractivity contribution in [2.45, 2.75) is 38.2 Å². The topological polar surface area (TPSA) is 81.5 Å². The van der Waals surface area contributed by atoms with Crippen LogP contribution in [0.25, 0.3) is 11.0 Å². The molecule has 0 aliphatic heterocycles. The van der Waals surface area contributed by atoms with E-state index in [1.807, 2.05) is 6.07 Å². The fourth-order valence-corrected chi connectivity index (χ4v) is 3.12. The van der Waals surface area contributed by atoms with Crippen molar-refractivity contribution in [2.75, 3.05) is 13.7 Å². The largest absolute Gasteiger partial charge is 0.481 e. The Balaban J connectivity index is 1.79. The summed E-state index contributed by atoms with van der Waals surface area (Å²) >= 11 is 0. The number of fused-ring (bicyclic) bond motifs is 1. The standard InChI is InChI=1S/C20H22N2O4/c1-3-26-19(23)15-7-11-20(24,12-8-15)10-6-14-9-13-21-16-4-5-17(25-2)22-18(14)16/h4-5,9,13,15,24H,3,7-8,11-12H2,1-2H3/t15-,20-. The third kappa shape index (κ3) is 3.94. The summed E-state index contributed by atoms with van der Waals surface area (Å²) in [5.74, 6) is 6.18. The summed E-state index contributed by atoms with van der Waals surface area (Å²) in [5, 5.41) is 10.7. The summed E-state index contributed by atoms with van der Waals surface area (Å²) in [7, 11) is 1.56. The molecule has 0 saturated heterocycles. The predicted molar refractivity (Wildman–Crippen MR) is 96.5 cm³/mol. The van der Waals surface area contributed by atoms with Crippen LogP contribution < -0.4 is 4.74 Å². The number of aromatic nitrogens is 2. The van der Waals surface area contributed by atoms with E-state index in [4.69, 9.17) is 9.47 Å². The molecule has 2 heterocycles. The van der Waals surface area contributed by atoms with Crippen LogP contribution in [0.3, 0.4) is 0 Å². The Morgan fingerprint density at radius 2 is 2.12 bits per heavy atom. The molecule has 0 amide bonds. The fourth-order valence-electron chi connectivity index (χ4n) is 3.12. The highest BCUT2D eigenvalue weighted by Crippen LogP contribution is 2.32. The Morgan fingerprint density at radius 1 is 1.35 bits per heavy atom. The molecule has 0 spiro atoms. The minimum Gasteiger partial charge on any atom is -0.481 e. The second-order valence-corrected chi connectivity index (χ2v) is 6.39. The fraction of sp³-hybridized carbons (Fsp3) is 0.450. The summed E-state index contributed by atoms with van der Waals surface area (Å²) in [4.78, 5) is 20.5. The maximum absolute atomic E-state index is 11.8. The van der Waals surface area contributed by atoms with Crippen molar-refractivity contribution in [1.29, 1.82) is 0 Å². The molecule has 1 aliphatic rings. The van der Waals surface area contributed by atoms with Gasteiger partial charge in [0.25, 0.3) is 0 Å². The molecule has 0 unspecified atom stereocenters. The van der Waals surface area contributed by atoms with Gasteiger partial charge in [-0.3, -0.25) is 9.78 Å². The molecule has 0 bridgehead atoms. The maximum atomic E-state index is 11.8. The van der Waals surface area contributed by atoms with Crippen molar-refractivity contribution in [3.63, 3.8) is 0 Å². The lowest BCUT2D eigenvalue weighted by molar-refractivity contribution is -0.150. The van der Waals surface area contributed by atoms with E-state index in [1.54, 1.807) is 32.4 Å². The number of rotatable bonds is 3. The molecule has 136 valence electrons. The average molecular weight is 354 g/mol. The molecule has 0 atom stereocenters. The van der Waals surface area contributed by atoms with Crippen LogP contribution in [0, 0.1) is 17.8 Å². The normalized spacial score (nSPS) is 22.3. The number of hydrogen-bond donors (Lipinski definition) is 1. The van der Waals surface area contributed by atoms with E-state index < -0.39 is 5.60 Å². The minimum absolute atomic E-state index is 0.148. The molecule has 2 aromatic heterocycles. The van der Waals surface area contributed by atoms with Crippen LogP contribution in [0.1, 0.15) is 38.2 Å². The summed E-state index contributed by atoms with van der Waals surface area (Å²) in [6.45, 7) is 2.18. The molecule has 1 aliphatic carbocycles. The smallest absolute Gasteiger partial charge is 0.308 e. The van der Waals surface area contributed by atoms with Crippen LogP contribution in [0.4, 0.5) is 0 Å². The van der Waals surface area contributed by atoms with Crippen molar-refractivity contribution < 1.29 is 19.4 Å². The highest BCUT2D eigenvalue weighted by molar-refractivity contribution is 5.81. The van der Waals surface area contributed by atoms with Gasteiger partial charge in [-0.15, -0.1) is 0 Å². The van der Waals surface area contributed by atoms with Crippen molar-refractivity contribution in [3.8, 4) is 17.7 Å². The zero-order chi connectivity index (χ0) is 18.6. The van der Waals surface area contributed by atoms with Crippen molar-refractivity contribution >= 4 is 17.0 Å². The van der Waals surface area contributed by atoms with Gasteiger partial charge in [-0.1, -0.05) is 11.8 Å². The van der Waals surface area contributed by atoms with E-state index >= 15 is 0 Å². The predicted octanol–water partition coefficient (Wildman–Crippen LogP) is 2.47. The van der Waals surface area contributed by atoms with E-state index in [-0.39, 0.29) is 11.9 Å². The number of ether oxygens (including phenoxy) is 2. The number of aliphatic hydroxyl groups is 1. The van der Waals surface area contributed by atoms with Crippen LogP contribution in [0.5, 0.6) is 5.88 Å². The van der Waals surface area contributed by atoms with E-state index in [1.165, 1.54) is 0 Å². The van der Waals surface area contributed by atoms with Gasteiger partial charge in [-0.25, -0.2) is 4.98 Å². The lowest BCUT2D eigenvalue weighted by atomic mass is 9.79. The molecular weight excluding hydrogens is 332 g/mol. The van der Waals surface area contributed by atoms with Crippen molar-refractivity contribution in [3.05, 3.63) is 30.0 Å². The first-order chi connectivity index (χ1) is 12.5. The highest BCUT2D eigenvalue weighted by Gasteiger charge is 2.35. The lowest BCUT2D eigenvalue weighted by Gasteiger charge is -2.31. The van der Waals surface area contributed by atoms with Gasteiger partial charge in [0.2, 0.25) is 5.88 Å². The van der Waals surface area contributed by atoms with Crippen molar-refractivity contribution in [1.82, 2.24) is 9.97 Å². The van der Waals surface area contributed by atoms with E-state index in [2.05, 4.69) is 21.8 Å². The van der Waals surface area contributed by atoms with Gasteiger partial charge in [0.15, 0.2) is 0 Å². The molecular formula is C20H22N2O4. The Bertz CT molecular complexity index is 861. The van der Waals surface area contributed by atoms with E-state index in [0.717, 1.165) is 5.52 Å². The first-order valence-corrected chi connectivity index (χ1v) is 8.76. The van der Waals surface area contributed by atoms with Gasteiger partial charge in [-0.05, 0) is 44.7 Å². The second-order valence-electron chi connectivity index (χ2n) is 6.39. The Morgan fingerprint density at radius 3 is 2.81 bits per heavy atom. The third-order valence-corrected chi connectivity index (χ3v) is 4.63. The minimum atomic E-state index is -1.10. The SMILES string of the molecule is CCOC(=O)[C@H]1CC[C@@](O)(C#Cc2ccnc3ccc(OC)nc23)CC1. The number of carbonyl (C=O) groups is 1. The van der Waals surface area contributed by atoms with E-state index in [0.29, 0.717) is 49.3 Å². The summed E-state index contributed by atoms with van der Waals surface area (Å²) in [6, 6.07) is 5.34. The van der Waals surface area contributed by atoms with Crippen LogP contribution in [-0.4, -0.2) is 40.4 Å². The number of hydrogen-bond acceptors (Lipinski definition) is 6. The molecule has 1 saturated carbocycles. The van der Waals surface area contributed by atoms with Gasteiger partial charge < -0.3 is 14.6 Å². The van der Waals surface area contributed by atoms with Crippen LogP contribution >= 0.6 is 0 Å². The van der Waals surface area contributed by atoms with Crippen LogP contribution in [-0.2, 0) is 9.53 Å². The Hall–Kier alpha value is -2.65. The van der Waals surface area contributed by atoms with Gasteiger partial charge >= 0.3 is 5.97 Å². The highest BCUT2D eigenvalue weighted by atomic mass is 16.5. The van der Waals surface area contributed by atoms with Gasteiger partial charge in [0.1, 0.15) is 11.1 Å². The zero-order valence-electron chi connectivity index (χ0n) is 15.0. The molecule has 6 nitrogen and oxygen atoms in total. The summed E-state index contributed by atoms with van der Waals surface area (Å²) in [5.41, 5.74) is 0.950. The zero-order valence-corrected chi connectivity index (χ0v) is 15.0. The van der Waals surface area contributed by atoms with Crippen LogP contribution in [0.2, 0.25) is 0 Å². The van der Waals surface area contributed by atoms with Crippen LogP contribution in [0.15, 0.2) is 24.4 Å². The molecule has 26 heavy (non-hydrogen) atoms. The number of methoxy groups -OCH3 is 1. The first kappa shape index (κ1) is 18.2. The number of nitrogens with zero attached hydrogens (tertiary/aromatic N) is 2. The summed E-state index contributed by atoms with van der Waals surface area (Å²) in [6.07, 6.45) is 3.72. The van der Waals surface area contributed by atoms with Gasteiger partial charge in [0, 0.05) is 12.3 Å². The monoisotopic (exact) mass is 354 g/mol. The maximum Gasteiger partial charge on any atom is 0.308 e.